The smallest absolute Gasteiger partial charge is 0.328 e. The summed E-state index contributed by atoms with van der Waals surface area (Å²) in [6, 6.07) is 16.4. The van der Waals surface area contributed by atoms with E-state index in [2.05, 4.69) is 10.6 Å². The van der Waals surface area contributed by atoms with Gasteiger partial charge in [-0.3, -0.25) is 9.59 Å². The molecule has 1 aliphatic rings. The summed E-state index contributed by atoms with van der Waals surface area (Å²) in [4.78, 5) is 37.5. The minimum atomic E-state index is -0.697. The molecule has 6 nitrogen and oxygen atoms in total. The van der Waals surface area contributed by atoms with Crippen LogP contribution in [0.5, 0.6) is 0 Å². The number of ether oxygens (including phenoxy) is 1. The molecule has 3 rings (SSSR count). The molecule has 0 bridgehead atoms. The molecular formula is C25H30N2O4. The van der Waals surface area contributed by atoms with Crippen LogP contribution in [0.25, 0.3) is 0 Å². The van der Waals surface area contributed by atoms with Gasteiger partial charge in [-0.25, -0.2) is 4.79 Å². The topological polar surface area (TPSA) is 84.5 Å². The quantitative estimate of drug-likeness (QED) is 0.601. The van der Waals surface area contributed by atoms with Gasteiger partial charge in [-0.1, -0.05) is 62.4 Å². The summed E-state index contributed by atoms with van der Waals surface area (Å²) in [6.45, 7) is 4.16. The molecule has 0 saturated heterocycles. The van der Waals surface area contributed by atoms with Crippen molar-refractivity contribution in [2.45, 2.75) is 52.2 Å². The molecule has 0 spiro atoms. The van der Waals surface area contributed by atoms with E-state index in [4.69, 9.17) is 4.74 Å². The van der Waals surface area contributed by atoms with Crippen molar-refractivity contribution < 1.29 is 19.1 Å². The zero-order valence-corrected chi connectivity index (χ0v) is 18.1. The summed E-state index contributed by atoms with van der Waals surface area (Å²) in [6.07, 6.45) is 1.72. The lowest BCUT2D eigenvalue weighted by Crippen LogP contribution is -2.43. The number of benzene rings is 2. The molecule has 2 N–H and O–H groups in total. The average molecular weight is 423 g/mol. The molecule has 6 heteroatoms. The normalized spacial score (nSPS) is 16.2. The molecule has 164 valence electrons. The number of anilines is 1. The lowest BCUT2D eigenvalue weighted by Gasteiger charge is -2.25. The predicted molar refractivity (Wildman–Crippen MR) is 119 cm³/mol. The van der Waals surface area contributed by atoms with Crippen LogP contribution in [0.1, 0.15) is 44.2 Å². The standard InChI is InChI=1S/C25H30N2O4/c1-17(2)14-22(25(30)31-16-18-8-4-3-5-9-18)26-23(28)13-12-20-15-19-10-6-7-11-21(19)27-24(20)29/h3-11,17,20,22H,12-16H2,1-2H3,(H,26,28)(H,27,29)/t20?,22-/m0/s1. The van der Waals surface area contributed by atoms with E-state index >= 15 is 0 Å². The second kappa shape index (κ2) is 10.8. The van der Waals surface area contributed by atoms with Crippen LogP contribution in [-0.2, 0) is 32.1 Å². The number of nitrogens with one attached hydrogen (secondary N) is 2. The Labute approximate surface area is 183 Å². The SMILES string of the molecule is CC(C)C[C@H](NC(=O)CCC1Cc2ccccc2NC1=O)C(=O)OCc1ccccc1. The molecule has 2 amide bonds. The van der Waals surface area contributed by atoms with E-state index in [1.165, 1.54) is 0 Å². The van der Waals surface area contributed by atoms with E-state index < -0.39 is 12.0 Å². The number of fused-ring (bicyclic) bond motifs is 1. The van der Waals surface area contributed by atoms with Gasteiger partial charge in [-0.15, -0.1) is 0 Å². The fourth-order valence-corrected chi connectivity index (χ4v) is 3.73. The van der Waals surface area contributed by atoms with Gasteiger partial charge < -0.3 is 15.4 Å². The second-order valence-corrected chi connectivity index (χ2v) is 8.43. The van der Waals surface area contributed by atoms with E-state index in [9.17, 15) is 14.4 Å². The number of esters is 1. The Hall–Kier alpha value is -3.15. The molecule has 0 fully saturated rings. The van der Waals surface area contributed by atoms with Crippen LogP contribution in [0, 0.1) is 11.8 Å². The summed E-state index contributed by atoms with van der Waals surface area (Å²) < 4.78 is 5.42. The lowest BCUT2D eigenvalue weighted by molar-refractivity contribution is -0.149. The molecular weight excluding hydrogens is 392 g/mol. The number of hydrogen-bond acceptors (Lipinski definition) is 4. The first-order chi connectivity index (χ1) is 14.9. The van der Waals surface area contributed by atoms with Crippen LogP contribution in [0.15, 0.2) is 54.6 Å². The first-order valence-electron chi connectivity index (χ1n) is 10.8. The highest BCUT2D eigenvalue weighted by Gasteiger charge is 2.28. The van der Waals surface area contributed by atoms with Gasteiger partial charge in [-0.05, 0) is 42.4 Å². The molecule has 1 unspecified atom stereocenters. The highest BCUT2D eigenvalue weighted by atomic mass is 16.5. The number of hydrogen-bond donors (Lipinski definition) is 2. The van der Waals surface area contributed by atoms with Gasteiger partial charge in [0.05, 0.1) is 0 Å². The minimum Gasteiger partial charge on any atom is -0.459 e. The Kier molecular flexibility index (Phi) is 7.82. The van der Waals surface area contributed by atoms with Crippen molar-refractivity contribution in [2.24, 2.45) is 11.8 Å². The van der Waals surface area contributed by atoms with E-state index in [1.807, 2.05) is 68.4 Å². The Balaban J connectivity index is 1.52. The van der Waals surface area contributed by atoms with Gasteiger partial charge in [0.1, 0.15) is 12.6 Å². The van der Waals surface area contributed by atoms with E-state index in [-0.39, 0.29) is 36.7 Å². The first kappa shape index (κ1) is 22.5. The molecule has 0 radical (unpaired) electrons. The lowest BCUT2D eigenvalue weighted by atomic mass is 9.89. The zero-order valence-electron chi connectivity index (χ0n) is 18.1. The van der Waals surface area contributed by atoms with Gasteiger partial charge in [0.2, 0.25) is 11.8 Å². The third-order valence-electron chi connectivity index (χ3n) is 5.38. The molecule has 0 aromatic heterocycles. The highest BCUT2D eigenvalue weighted by molar-refractivity contribution is 5.96. The summed E-state index contributed by atoms with van der Waals surface area (Å²) in [7, 11) is 0. The summed E-state index contributed by atoms with van der Waals surface area (Å²) in [5.74, 6) is -0.777. The van der Waals surface area contributed by atoms with Gasteiger partial charge in [0.15, 0.2) is 0 Å². The first-order valence-corrected chi connectivity index (χ1v) is 10.8. The van der Waals surface area contributed by atoms with Crippen LogP contribution in [0.4, 0.5) is 5.69 Å². The Morgan fingerprint density at radius 1 is 1.10 bits per heavy atom. The van der Waals surface area contributed by atoms with Crippen molar-refractivity contribution in [3.8, 4) is 0 Å². The maximum Gasteiger partial charge on any atom is 0.328 e. The van der Waals surface area contributed by atoms with E-state index in [1.54, 1.807) is 0 Å². The molecule has 2 atom stereocenters. The molecule has 2 aromatic rings. The van der Waals surface area contributed by atoms with Crippen LogP contribution >= 0.6 is 0 Å². The van der Waals surface area contributed by atoms with Crippen LogP contribution in [0.3, 0.4) is 0 Å². The van der Waals surface area contributed by atoms with Crippen molar-refractivity contribution in [3.63, 3.8) is 0 Å². The van der Waals surface area contributed by atoms with E-state index in [0.29, 0.717) is 19.3 Å². The second-order valence-electron chi connectivity index (χ2n) is 8.43. The third-order valence-corrected chi connectivity index (χ3v) is 5.38. The Morgan fingerprint density at radius 3 is 2.55 bits per heavy atom. The van der Waals surface area contributed by atoms with Gasteiger partial charge in [0, 0.05) is 18.0 Å². The Morgan fingerprint density at radius 2 is 1.81 bits per heavy atom. The number of carbonyl (C=O) groups excluding carboxylic acids is 3. The zero-order chi connectivity index (χ0) is 22.2. The molecule has 0 saturated carbocycles. The summed E-state index contributed by atoms with van der Waals surface area (Å²) in [5.41, 5.74) is 2.81. The number of amides is 2. The monoisotopic (exact) mass is 422 g/mol. The van der Waals surface area contributed by atoms with Crippen molar-refractivity contribution in [1.29, 1.82) is 0 Å². The molecule has 1 aliphatic heterocycles. The van der Waals surface area contributed by atoms with Crippen molar-refractivity contribution in [2.75, 3.05) is 5.32 Å². The van der Waals surface area contributed by atoms with Gasteiger partial charge in [0.25, 0.3) is 0 Å². The molecule has 0 aliphatic carbocycles. The largest absolute Gasteiger partial charge is 0.459 e. The summed E-state index contributed by atoms with van der Waals surface area (Å²) >= 11 is 0. The maximum atomic E-state index is 12.6. The molecule has 31 heavy (non-hydrogen) atoms. The van der Waals surface area contributed by atoms with Crippen LogP contribution in [0.2, 0.25) is 0 Å². The minimum absolute atomic E-state index is 0.0625. The molecule has 1 heterocycles. The Bertz CT molecular complexity index is 911. The maximum absolute atomic E-state index is 12.6. The van der Waals surface area contributed by atoms with Crippen LogP contribution in [-0.4, -0.2) is 23.8 Å². The van der Waals surface area contributed by atoms with E-state index in [0.717, 1.165) is 16.8 Å². The number of para-hydroxylation sites is 1. The fourth-order valence-electron chi connectivity index (χ4n) is 3.73. The fraction of sp³-hybridized carbons (Fsp3) is 0.400. The van der Waals surface area contributed by atoms with Crippen molar-refractivity contribution in [1.82, 2.24) is 5.32 Å². The average Bonchev–Trinajstić information content (AvgIpc) is 2.76. The van der Waals surface area contributed by atoms with Gasteiger partial charge >= 0.3 is 5.97 Å². The summed E-state index contributed by atoms with van der Waals surface area (Å²) in [5, 5.41) is 5.72. The highest BCUT2D eigenvalue weighted by Crippen LogP contribution is 2.27. The van der Waals surface area contributed by atoms with Gasteiger partial charge in [-0.2, -0.15) is 0 Å². The molecule has 2 aromatic carbocycles. The van der Waals surface area contributed by atoms with Crippen molar-refractivity contribution >= 4 is 23.5 Å². The number of carbonyl (C=O) groups is 3. The third kappa shape index (κ3) is 6.67. The van der Waals surface area contributed by atoms with Crippen molar-refractivity contribution in [3.05, 3.63) is 65.7 Å². The van der Waals surface area contributed by atoms with Crippen LogP contribution < -0.4 is 10.6 Å². The predicted octanol–water partition coefficient (Wildman–Crippen LogP) is 3.85. The number of rotatable bonds is 9.